The minimum atomic E-state index is -0.601. The summed E-state index contributed by atoms with van der Waals surface area (Å²) in [6, 6.07) is 7.20. The number of aromatic nitrogens is 2. The van der Waals surface area contributed by atoms with Gasteiger partial charge in [0.15, 0.2) is 0 Å². The van der Waals surface area contributed by atoms with Gasteiger partial charge in [-0.1, -0.05) is 26.0 Å². The highest BCUT2D eigenvalue weighted by Crippen LogP contribution is 2.27. The number of piperidine rings is 1. The molecular formula is C20H28N4O3. The van der Waals surface area contributed by atoms with Crippen LogP contribution in [0.2, 0.25) is 0 Å². The molecule has 27 heavy (non-hydrogen) atoms. The molecule has 1 aliphatic rings. The number of rotatable bonds is 5. The van der Waals surface area contributed by atoms with Gasteiger partial charge in [-0.15, -0.1) is 0 Å². The van der Waals surface area contributed by atoms with Crippen molar-refractivity contribution in [2.24, 2.45) is 5.92 Å². The molecule has 3 rings (SSSR count). The number of aromatic amines is 1. The molecule has 7 nitrogen and oxygen atoms in total. The lowest BCUT2D eigenvalue weighted by Crippen LogP contribution is -2.50. The topological polar surface area (TPSA) is 87.3 Å². The van der Waals surface area contributed by atoms with Crippen LogP contribution in [0.1, 0.15) is 44.9 Å². The number of amides is 2. The van der Waals surface area contributed by atoms with Gasteiger partial charge in [0, 0.05) is 19.0 Å². The van der Waals surface area contributed by atoms with Crippen molar-refractivity contribution in [3.63, 3.8) is 0 Å². The van der Waals surface area contributed by atoms with E-state index in [0.717, 1.165) is 29.7 Å². The summed E-state index contributed by atoms with van der Waals surface area (Å²) in [5.41, 5.74) is 2.02. The number of benzene rings is 1. The van der Waals surface area contributed by atoms with Crippen molar-refractivity contribution in [2.75, 3.05) is 20.2 Å². The number of methoxy groups -OCH3 is 1. The molecule has 2 amide bonds. The maximum absolute atomic E-state index is 12.6. The summed E-state index contributed by atoms with van der Waals surface area (Å²) in [5.74, 6) is 1.19. The molecule has 1 saturated heterocycles. The van der Waals surface area contributed by atoms with E-state index >= 15 is 0 Å². The predicted octanol–water partition coefficient (Wildman–Crippen LogP) is 3.04. The Morgan fingerprint density at radius 2 is 2.00 bits per heavy atom. The van der Waals surface area contributed by atoms with Gasteiger partial charge >= 0.3 is 12.0 Å². The van der Waals surface area contributed by atoms with E-state index in [0.29, 0.717) is 25.4 Å². The van der Waals surface area contributed by atoms with E-state index in [9.17, 15) is 9.59 Å². The number of H-pyrrole nitrogens is 1. The Morgan fingerprint density at radius 1 is 1.30 bits per heavy atom. The van der Waals surface area contributed by atoms with Crippen LogP contribution in [0.5, 0.6) is 0 Å². The lowest BCUT2D eigenvalue weighted by atomic mass is 9.96. The maximum Gasteiger partial charge on any atom is 0.328 e. The van der Waals surface area contributed by atoms with Crippen LogP contribution in [0.4, 0.5) is 4.79 Å². The van der Waals surface area contributed by atoms with E-state index < -0.39 is 12.0 Å². The van der Waals surface area contributed by atoms with Crippen molar-refractivity contribution < 1.29 is 14.3 Å². The van der Waals surface area contributed by atoms with Gasteiger partial charge in [-0.25, -0.2) is 14.6 Å². The van der Waals surface area contributed by atoms with E-state index in [1.807, 2.05) is 38.1 Å². The van der Waals surface area contributed by atoms with E-state index in [1.54, 1.807) is 4.90 Å². The summed E-state index contributed by atoms with van der Waals surface area (Å²) >= 11 is 0. The molecule has 7 heteroatoms. The zero-order valence-electron chi connectivity index (χ0n) is 16.2. The molecule has 1 aromatic carbocycles. The Kier molecular flexibility index (Phi) is 5.98. The quantitative estimate of drug-likeness (QED) is 0.790. The van der Waals surface area contributed by atoms with Crippen molar-refractivity contribution >= 4 is 23.0 Å². The molecule has 0 aliphatic carbocycles. The van der Waals surface area contributed by atoms with Gasteiger partial charge in [-0.2, -0.15) is 0 Å². The molecule has 2 heterocycles. The number of nitrogens with zero attached hydrogens (tertiary/aromatic N) is 2. The molecule has 1 atom stereocenters. The van der Waals surface area contributed by atoms with Gasteiger partial charge in [-0.3, -0.25) is 0 Å². The Labute approximate surface area is 159 Å². The molecular weight excluding hydrogens is 344 g/mol. The average molecular weight is 372 g/mol. The minimum Gasteiger partial charge on any atom is -0.467 e. The van der Waals surface area contributed by atoms with Crippen molar-refractivity contribution in [3.05, 3.63) is 30.1 Å². The standard InChI is InChI=1S/C20H28N4O3/c1-13(2)12-17(19(25)27-3)23-20(26)24-10-8-14(9-11-24)18-21-15-6-4-5-7-16(15)22-18/h4-7,13-14,17H,8-12H2,1-3H3,(H,21,22)(H,23,26). The van der Waals surface area contributed by atoms with E-state index in [-0.39, 0.29) is 11.9 Å². The number of urea groups is 1. The molecule has 146 valence electrons. The first-order chi connectivity index (χ1) is 13.0. The smallest absolute Gasteiger partial charge is 0.328 e. The van der Waals surface area contributed by atoms with Gasteiger partial charge in [0.05, 0.1) is 18.1 Å². The van der Waals surface area contributed by atoms with Crippen molar-refractivity contribution in [1.82, 2.24) is 20.2 Å². The number of hydrogen-bond acceptors (Lipinski definition) is 4. The fourth-order valence-corrected chi connectivity index (χ4v) is 3.59. The predicted molar refractivity (Wildman–Crippen MR) is 103 cm³/mol. The number of fused-ring (bicyclic) bond motifs is 1. The SMILES string of the molecule is COC(=O)C(CC(C)C)NC(=O)N1CCC(c2nc3ccccc3[nH]2)CC1. The number of nitrogens with one attached hydrogen (secondary N) is 2. The fourth-order valence-electron chi connectivity index (χ4n) is 3.59. The Morgan fingerprint density at radius 3 is 2.63 bits per heavy atom. The number of ether oxygens (including phenoxy) is 1. The third kappa shape index (κ3) is 4.59. The van der Waals surface area contributed by atoms with Crippen LogP contribution in [0, 0.1) is 5.92 Å². The van der Waals surface area contributed by atoms with Gasteiger partial charge < -0.3 is 19.9 Å². The highest BCUT2D eigenvalue weighted by molar-refractivity contribution is 5.83. The Balaban J connectivity index is 1.57. The van der Waals surface area contributed by atoms with Gasteiger partial charge in [-0.05, 0) is 37.3 Å². The molecule has 0 bridgehead atoms. The highest BCUT2D eigenvalue weighted by atomic mass is 16.5. The summed E-state index contributed by atoms with van der Waals surface area (Å²) < 4.78 is 4.82. The zero-order chi connectivity index (χ0) is 19.4. The first-order valence-electron chi connectivity index (χ1n) is 9.55. The monoisotopic (exact) mass is 372 g/mol. The number of imidazole rings is 1. The van der Waals surface area contributed by atoms with Crippen LogP contribution in [0.3, 0.4) is 0 Å². The molecule has 0 saturated carbocycles. The van der Waals surface area contributed by atoms with Crippen LogP contribution in [-0.2, 0) is 9.53 Å². The normalized spacial score (nSPS) is 16.5. The van der Waals surface area contributed by atoms with Gasteiger partial charge in [0.25, 0.3) is 0 Å². The number of likely N-dealkylation sites (tertiary alicyclic amines) is 1. The average Bonchev–Trinajstić information content (AvgIpc) is 3.10. The summed E-state index contributed by atoms with van der Waals surface area (Å²) in [6.45, 7) is 5.31. The Hall–Kier alpha value is -2.57. The number of carbonyl (C=O) groups excluding carboxylic acids is 2. The van der Waals surface area contributed by atoms with Crippen molar-refractivity contribution in [3.8, 4) is 0 Å². The molecule has 0 spiro atoms. The second kappa shape index (κ2) is 8.41. The molecule has 2 aromatic rings. The van der Waals surface area contributed by atoms with Crippen LogP contribution < -0.4 is 5.32 Å². The molecule has 2 N–H and O–H groups in total. The third-order valence-corrected chi connectivity index (χ3v) is 5.07. The second-order valence-corrected chi connectivity index (χ2v) is 7.56. The second-order valence-electron chi connectivity index (χ2n) is 7.56. The lowest BCUT2D eigenvalue weighted by molar-refractivity contribution is -0.143. The van der Waals surface area contributed by atoms with Crippen LogP contribution in [0.25, 0.3) is 11.0 Å². The van der Waals surface area contributed by atoms with E-state index in [1.165, 1.54) is 7.11 Å². The number of carbonyl (C=O) groups is 2. The van der Waals surface area contributed by atoms with Crippen molar-refractivity contribution in [1.29, 1.82) is 0 Å². The first kappa shape index (κ1) is 19.2. The molecule has 1 fully saturated rings. The van der Waals surface area contributed by atoms with Crippen LogP contribution >= 0.6 is 0 Å². The summed E-state index contributed by atoms with van der Waals surface area (Å²) in [6.07, 6.45) is 2.26. The molecule has 0 radical (unpaired) electrons. The van der Waals surface area contributed by atoms with Gasteiger partial charge in [0.2, 0.25) is 0 Å². The molecule has 1 aliphatic heterocycles. The molecule has 1 aromatic heterocycles. The first-order valence-corrected chi connectivity index (χ1v) is 9.55. The highest BCUT2D eigenvalue weighted by Gasteiger charge is 2.29. The summed E-state index contributed by atoms with van der Waals surface area (Å²) in [7, 11) is 1.35. The van der Waals surface area contributed by atoms with Crippen LogP contribution in [0.15, 0.2) is 24.3 Å². The third-order valence-electron chi connectivity index (χ3n) is 5.07. The van der Waals surface area contributed by atoms with Gasteiger partial charge in [0.1, 0.15) is 11.9 Å². The number of hydrogen-bond donors (Lipinski definition) is 2. The number of para-hydroxylation sites is 2. The maximum atomic E-state index is 12.6. The largest absolute Gasteiger partial charge is 0.467 e. The van der Waals surface area contributed by atoms with E-state index in [2.05, 4.69) is 15.3 Å². The molecule has 1 unspecified atom stereocenters. The number of esters is 1. The Bertz CT molecular complexity index is 760. The van der Waals surface area contributed by atoms with Crippen molar-refractivity contribution in [2.45, 2.75) is 45.1 Å². The lowest BCUT2D eigenvalue weighted by Gasteiger charge is -2.32. The van der Waals surface area contributed by atoms with Crippen LogP contribution in [-0.4, -0.2) is 53.1 Å². The zero-order valence-corrected chi connectivity index (χ0v) is 16.2. The summed E-state index contributed by atoms with van der Waals surface area (Å²) in [4.78, 5) is 34.4. The minimum absolute atomic E-state index is 0.200. The van der Waals surface area contributed by atoms with E-state index in [4.69, 9.17) is 4.74 Å². The fraction of sp³-hybridized carbons (Fsp3) is 0.550. The summed E-state index contributed by atoms with van der Waals surface area (Å²) in [5, 5.41) is 2.83.